The van der Waals surface area contributed by atoms with Crippen LogP contribution in [0.3, 0.4) is 0 Å². The molecule has 8 heteroatoms. The summed E-state index contributed by atoms with van der Waals surface area (Å²) in [5.41, 5.74) is 6.72. The van der Waals surface area contributed by atoms with Gasteiger partial charge in [0.1, 0.15) is 5.76 Å². The van der Waals surface area contributed by atoms with Gasteiger partial charge >= 0.3 is 0 Å². The van der Waals surface area contributed by atoms with Crippen molar-refractivity contribution in [3.05, 3.63) is 40.0 Å². The van der Waals surface area contributed by atoms with E-state index in [4.69, 9.17) is 10.2 Å². The van der Waals surface area contributed by atoms with E-state index in [0.29, 0.717) is 27.4 Å². The Hall–Kier alpha value is -1.38. The highest BCUT2D eigenvalue weighted by Crippen LogP contribution is 2.27. The molecule has 0 radical (unpaired) electrons. The van der Waals surface area contributed by atoms with Gasteiger partial charge in [0.05, 0.1) is 17.1 Å². The number of nitrogen functional groups attached to an aromatic ring is 1. The first-order chi connectivity index (χ1) is 9.70. The zero-order valence-corrected chi connectivity index (χ0v) is 14.2. The summed E-state index contributed by atoms with van der Waals surface area (Å²) in [6.45, 7) is 5.08. The zero-order valence-electron chi connectivity index (χ0n) is 11.8. The fourth-order valence-corrected chi connectivity index (χ4v) is 4.00. The third-order valence-electron chi connectivity index (χ3n) is 3.00. The Labute approximate surface area is 131 Å². The number of sulfonamides is 1. The van der Waals surface area contributed by atoms with Gasteiger partial charge in [-0.25, -0.2) is 13.4 Å². The van der Waals surface area contributed by atoms with E-state index in [9.17, 15) is 8.42 Å². The van der Waals surface area contributed by atoms with Gasteiger partial charge < -0.3 is 10.2 Å². The Morgan fingerprint density at radius 1 is 1.38 bits per heavy atom. The van der Waals surface area contributed by atoms with Gasteiger partial charge in [0.15, 0.2) is 0 Å². The SMILES string of the molecule is Cc1cnc(C(C)NS(=O)(=O)c2cc(Br)cc(N)c2C)o1. The lowest BCUT2D eigenvalue weighted by atomic mass is 10.2. The predicted molar refractivity (Wildman–Crippen MR) is 83.3 cm³/mol. The molecule has 0 aliphatic carbocycles. The summed E-state index contributed by atoms with van der Waals surface area (Å²) < 4.78 is 33.5. The first-order valence-corrected chi connectivity index (χ1v) is 8.48. The van der Waals surface area contributed by atoms with Gasteiger partial charge in [0.2, 0.25) is 15.9 Å². The molecule has 0 aliphatic rings. The summed E-state index contributed by atoms with van der Waals surface area (Å²) in [5.74, 6) is 0.940. The van der Waals surface area contributed by atoms with E-state index in [1.165, 1.54) is 6.07 Å². The molecule has 1 heterocycles. The lowest BCUT2D eigenvalue weighted by Gasteiger charge is -2.14. The fraction of sp³-hybridized carbons (Fsp3) is 0.308. The Balaban J connectivity index is 2.35. The Kier molecular flexibility index (Phi) is 4.40. The molecule has 0 saturated heterocycles. The molecule has 0 aliphatic heterocycles. The summed E-state index contributed by atoms with van der Waals surface area (Å²) in [6, 6.07) is 2.60. The zero-order chi connectivity index (χ0) is 15.8. The number of anilines is 1. The average molecular weight is 374 g/mol. The largest absolute Gasteiger partial charge is 0.444 e. The standard InChI is InChI=1S/C13H16BrN3O3S/c1-7-6-16-13(20-7)9(3)17-21(18,19)12-5-10(14)4-11(15)8(12)2/h4-6,9,17H,15H2,1-3H3. The molecule has 3 N–H and O–H groups in total. The summed E-state index contributed by atoms with van der Waals surface area (Å²) in [6.07, 6.45) is 1.54. The van der Waals surface area contributed by atoms with Crippen LogP contribution in [-0.4, -0.2) is 13.4 Å². The highest BCUT2D eigenvalue weighted by atomic mass is 79.9. The quantitative estimate of drug-likeness (QED) is 0.802. The molecule has 21 heavy (non-hydrogen) atoms. The van der Waals surface area contributed by atoms with Crippen LogP contribution >= 0.6 is 15.9 Å². The van der Waals surface area contributed by atoms with Gasteiger partial charge in [-0.2, -0.15) is 4.72 Å². The summed E-state index contributed by atoms with van der Waals surface area (Å²) >= 11 is 3.25. The average Bonchev–Trinajstić information content (AvgIpc) is 2.80. The molecule has 1 aromatic heterocycles. The number of hydrogen-bond donors (Lipinski definition) is 2. The number of halogens is 1. The van der Waals surface area contributed by atoms with Crippen molar-refractivity contribution in [3.8, 4) is 0 Å². The van der Waals surface area contributed by atoms with Crippen LogP contribution in [0.15, 0.2) is 32.1 Å². The molecule has 1 unspecified atom stereocenters. The maximum atomic E-state index is 12.5. The molecular weight excluding hydrogens is 358 g/mol. The lowest BCUT2D eigenvalue weighted by molar-refractivity contribution is 0.427. The molecule has 0 amide bonds. The molecule has 0 spiro atoms. The molecular formula is C13H16BrN3O3S. The lowest BCUT2D eigenvalue weighted by Crippen LogP contribution is -2.28. The number of benzene rings is 1. The summed E-state index contributed by atoms with van der Waals surface area (Å²) in [4.78, 5) is 4.15. The first-order valence-electron chi connectivity index (χ1n) is 6.21. The van der Waals surface area contributed by atoms with E-state index in [-0.39, 0.29) is 4.90 Å². The maximum Gasteiger partial charge on any atom is 0.241 e. The smallest absolute Gasteiger partial charge is 0.241 e. The second kappa shape index (κ2) is 5.78. The van der Waals surface area contributed by atoms with Gasteiger partial charge in [-0.15, -0.1) is 0 Å². The van der Waals surface area contributed by atoms with Gasteiger partial charge in [-0.1, -0.05) is 15.9 Å². The number of nitrogens with one attached hydrogen (secondary N) is 1. The Morgan fingerprint density at radius 3 is 2.62 bits per heavy atom. The topological polar surface area (TPSA) is 98.2 Å². The molecule has 0 fully saturated rings. The fourth-order valence-electron chi connectivity index (χ4n) is 1.87. The number of nitrogens with two attached hydrogens (primary N) is 1. The van der Waals surface area contributed by atoms with E-state index in [2.05, 4.69) is 25.6 Å². The molecule has 2 aromatic rings. The second-order valence-corrected chi connectivity index (χ2v) is 7.37. The van der Waals surface area contributed by atoms with Gasteiger partial charge in [0, 0.05) is 10.2 Å². The van der Waals surface area contributed by atoms with E-state index in [1.807, 2.05) is 0 Å². The number of aryl methyl sites for hydroxylation is 1. The molecule has 0 saturated carbocycles. The maximum absolute atomic E-state index is 12.5. The second-order valence-electron chi connectivity index (χ2n) is 4.77. The van der Waals surface area contributed by atoms with Crippen molar-refractivity contribution in [3.63, 3.8) is 0 Å². The van der Waals surface area contributed by atoms with E-state index >= 15 is 0 Å². The van der Waals surface area contributed by atoms with Crippen LogP contribution in [0, 0.1) is 13.8 Å². The number of nitrogens with zero attached hydrogens (tertiary/aromatic N) is 1. The van der Waals surface area contributed by atoms with Gasteiger partial charge in [-0.3, -0.25) is 0 Å². The number of rotatable bonds is 4. The minimum Gasteiger partial charge on any atom is -0.444 e. The van der Waals surface area contributed by atoms with E-state index in [0.717, 1.165) is 0 Å². The highest BCUT2D eigenvalue weighted by molar-refractivity contribution is 9.10. The molecule has 114 valence electrons. The number of oxazole rings is 1. The predicted octanol–water partition coefficient (Wildman–Crippen LogP) is 2.68. The van der Waals surface area contributed by atoms with Gasteiger partial charge in [0.25, 0.3) is 0 Å². The van der Waals surface area contributed by atoms with Crippen molar-refractivity contribution in [1.29, 1.82) is 0 Å². The number of hydrogen-bond acceptors (Lipinski definition) is 5. The normalized spacial score (nSPS) is 13.3. The Bertz CT molecular complexity index is 771. The number of aromatic nitrogens is 1. The van der Waals surface area contributed by atoms with Gasteiger partial charge in [-0.05, 0) is 38.5 Å². The van der Waals surface area contributed by atoms with Crippen molar-refractivity contribution in [2.45, 2.75) is 31.7 Å². The van der Waals surface area contributed by atoms with Crippen molar-refractivity contribution in [2.24, 2.45) is 0 Å². The molecule has 1 atom stereocenters. The van der Waals surface area contributed by atoms with Crippen molar-refractivity contribution >= 4 is 31.6 Å². The third-order valence-corrected chi connectivity index (χ3v) is 5.12. The molecule has 6 nitrogen and oxygen atoms in total. The van der Waals surface area contributed by atoms with Crippen LogP contribution < -0.4 is 10.5 Å². The van der Waals surface area contributed by atoms with E-state index < -0.39 is 16.1 Å². The van der Waals surface area contributed by atoms with Crippen molar-refractivity contribution in [1.82, 2.24) is 9.71 Å². The van der Waals surface area contributed by atoms with Crippen LogP contribution in [0.2, 0.25) is 0 Å². The van der Waals surface area contributed by atoms with Crippen molar-refractivity contribution in [2.75, 3.05) is 5.73 Å². The van der Waals surface area contributed by atoms with Crippen LogP contribution in [-0.2, 0) is 10.0 Å². The Morgan fingerprint density at radius 2 is 2.05 bits per heavy atom. The molecule has 2 rings (SSSR count). The van der Waals surface area contributed by atoms with Crippen LogP contribution in [0.4, 0.5) is 5.69 Å². The summed E-state index contributed by atoms with van der Waals surface area (Å²) in [7, 11) is -3.73. The first kappa shape index (κ1) is 16.0. The van der Waals surface area contributed by atoms with Crippen LogP contribution in [0.25, 0.3) is 0 Å². The van der Waals surface area contributed by atoms with Crippen LogP contribution in [0.5, 0.6) is 0 Å². The minimum absolute atomic E-state index is 0.129. The third kappa shape index (κ3) is 3.45. The molecule has 0 bridgehead atoms. The monoisotopic (exact) mass is 373 g/mol. The molecule has 1 aromatic carbocycles. The van der Waals surface area contributed by atoms with Crippen LogP contribution in [0.1, 0.15) is 30.2 Å². The minimum atomic E-state index is -3.73. The van der Waals surface area contributed by atoms with E-state index in [1.54, 1.807) is 33.0 Å². The van der Waals surface area contributed by atoms with Crippen molar-refractivity contribution < 1.29 is 12.8 Å². The summed E-state index contributed by atoms with van der Waals surface area (Å²) in [5, 5.41) is 0. The highest BCUT2D eigenvalue weighted by Gasteiger charge is 2.24.